The molecule has 0 saturated carbocycles. The highest BCUT2D eigenvalue weighted by molar-refractivity contribution is 5.93. The first-order chi connectivity index (χ1) is 28.4. The molecule has 0 aliphatic carbocycles. The summed E-state index contributed by atoms with van der Waals surface area (Å²) in [6.07, 6.45) is 16.2. The lowest BCUT2D eigenvalue weighted by molar-refractivity contribution is 0.0723. The summed E-state index contributed by atoms with van der Waals surface area (Å²) in [5.74, 6) is 1.00. The highest BCUT2D eigenvalue weighted by Crippen LogP contribution is 2.26. The van der Waals surface area contributed by atoms with Crippen molar-refractivity contribution in [2.24, 2.45) is 0 Å². The van der Waals surface area contributed by atoms with Gasteiger partial charge in [0.2, 0.25) is 0 Å². The molecular formula is C50H56O8. The van der Waals surface area contributed by atoms with E-state index in [1.807, 2.05) is 18.2 Å². The van der Waals surface area contributed by atoms with E-state index in [2.05, 4.69) is 13.8 Å². The number of unbranched alkanes of at least 4 members (excludes halogenated alkanes) is 11. The minimum absolute atomic E-state index is 0.299. The summed E-state index contributed by atoms with van der Waals surface area (Å²) in [5.41, 5.74) is 2.73. The Labute approximate surface area is 343 Å². The number of carbonyl (C=O) groups excluding carboxylic acids is 3. The van der Waals surface area contributed by atoms with Gasteiger partial charge in [-0.3, -0.25) is 0 Å². The lowest BCUT2D eigenvalue weighted by Crippen LogP contribution is -2.10. The summed E-state index contributed by atoms with van der Waals surface area (Å²) < 4.78 is 28.3. The van der Waals surface area contributed by atoms with E-state index in [9.17, 15) is 14.4 Å². The van der Waals surface area contributed by atoms with Gasteiger partial charge >= 0.3 is 17.9 Å². The minimum Gasteiger partial charge on any atom is -0.494 e. The number of rotatable bonds is 24. The number of benzene rings is 5. The number of ether oxygens (including phenoxy) is 5. The second-order valence-electron chi connectivity index (χ2n) is 14.4. The Bertz CT molecular complexity index is 1980. The van der Waals surface area contributed by atoms with E-state index >= 15 is 0 Å². The molecular weight excluding hydrogens is 729 g/mol. The minimum atomic E-state index is -0.556. The maximum Gasteiger partial charge on any atom is 0.343 e. The van der Waals surface area contributed by atoms with Crippen LogP contribution in [0.15, 0.2) is 121 Å². The maximum atomic E-state index is 12.9. The van der Waals surface area contributed by atoms with Gasteiger partial charge in [-0.15, -0.1) is 0 Å². The zero-order valence-electron chi connectivity index (χ0n) is 33.9. The zero-order valence-corrected chi connectivity index (χ0v) is 33.9. The summed E-state index contributed by atoms with van der Waals surface area (Å²) in [6.45, 7) is 5.66. The van der Waals surface area contributed by atoms with Crippen LogP contribution in [0.1, 0.15) is 128 Å². The van der Waals surface area contributed by atoms with E-state index in [-0.39, 0.29) is 0 Å². The molecule has 0 bridgehead atoms. The third-order valence-electron chi connectivity index (χ3n) is 9.70. The second kappa shape index (κ2) is 24.0. The maximum absolute atomic E-state index is 12.9. The largest absolute Gasteiger partial charge is 0.494 e. The van der Waals surface area contributed by atoms with Gasteiger partial charge in [0.25, 0.3) is 0 Å². The lowest BCUT2D eigenvalue weighted by Gasteiger charge is -2.09. The van der Waals surface area contributed by atoms with Crippen LogP contribution >= 0.6 is 0 Å². The number of hydrogen-bond donors (Lipinski definition) is 0. The average molecular weight is 785 g/mol. The van der Waals surface area contributed by atoms with Crippen LogP contribution in [0.4, 0.5) is 0 Å². The van der Waals surface area contributed by atoms with Crippen molar-refractivity contribution in [3.05, 3.63) is 138 Å². The van der Waals surface area contributed by atoms with Gasteiger partial charge in [-0.05, 0) is 121 Å². The van der Waals surface area contributed by atoms with Gasteiger partial charge in [0.1, 0.15) is 28.7 Å². The summed E-state index contributed by atoms with van der Waals surface area (Å²) in [5, 5.41) is 0. The smallest absolute Gasteiger partial charge is 0.343 e. The molecule has 58 heavy (non-hydrogen) atoms. The van der Waals surface area contributed by atoms with Crippen LogP contribution in [-0.2, 0) is 0 Å². The van der Waals surface area contributed by atoms with E-state index < -0.39 is 17.9 Å². The van der Waals surface area contributed by atoms with Gasteiger partial charge in [-0.2, -0.15) is 0 Å². The van der Waals surface area contributed by atoms with Crippen LogP contribution in [0.25, 0.3) is 11.1 Å². The monoisotopic (exact) mass is 784 g/mol. The predicted molar refractivity (Wildman–Crippen MR) is 228 cm³/mol. The molecule has 0 saturated heterocycles. The van der Waals surface area contributed by atoms with Gasteiger partial charge in [-0.25, -0.2) is 14.4 Å². The van der Waals surface area contributed by atoms with Gasteiger partial charge in [0.05, 0.1) is 29.9 Å². The molecule has 304 valence electrons. The Morgan fingerprint density at radius 3 is 1.24 bits per heavy atom. The van der Waals surface area contributed by atoms with Gasteiger partial charge < -0.3 is 23.7 Å². The van der Waals surface area contributed by atoms with E-state index in [0.717, 1.165) is 48.3 Å². The molecule has 0 unspecified atom stereocenters. The molecule has 0 aliphatic rings. The number of esters is 3. The molecule has 8 nitrogen and oxygen atoms in total. The van der Waals surface area contributed by atoms with Crippen molar-refractivity contribution in [2.75, 3.05) is 13.2 Å². The third-order valence-corrected chi connectivity index (χ3v) is 9.70. The molecule has 0 fully saturated rings. The van der Waals surface area contributed by atoms with Crippen molar-refractivity contribution in [3.8, 4) is 39.9 Å². The van der Waals surface area contributed by atoms with E-state index in [1.165, 1.54) is 57.8 Å². The molecule has 0 N–H and O–H groups in total. The lowest BCUT2D eigenvalue weighted by atomic mass is 10.0. The van der Waals surface area contributed by atoms with E-state index in [0.29, 0.717) is 47.2 Å². The van der Waals surface area contributed by atoms with Crippen molar-refractivity contribution in [2.45, 2.75) is 97.3 Å². The first-order valence-corrected chi connectivity index (χ1v) is 20.8. The topological polar surface area (TPSA) is 97.4 Å². The molecule has 0 amide bonds. The number of hydrogen-bond acceptors (Lipinski definition) is 8. The quantitative estimate of drug-likeness (QED) is 0.0347. The van der Waals surface area contributed by atoms with Crippen LogP contribution in [0.2, 0.25) is 0 Å². The number of carbonyl (C=O) groups is 3. The highest BCUT2D eigenvalue weighted by Gasteiger charge is 2.14. The van der Waals surface area contributed by atoms with Crippen molar-refractivity contribution in [1.29, 1.82) is 0 Å². The van der Waals surface area contributed by atoms with Crippen molar-refractivity contribution in [1.82, 2.24) is 0 Å². The fourth-order valence-corrected chi connectivity index (χ4v) is 6.28. The Hall–Kier alpha value is -5.89. The molecule has 0 aromatic heterocycles. The fraction of sp³-hybridized carbons (Fsp3) is 0.340. The van der Waals surface area contributed by atoms with Gasteiger partial charge in [0.15, 0.2) is 0 Å². The average Bonchev–Trinajstić information content (AvgIpc) is 3.25. The van der Waals surface area contributed by atoms with Crippen molar-refractivity contribution >= 4 is 17.9 Å². The molecule has 0 heterocycles. The fourth-order valence-electron chi connectivity index (χ4n) is 6.28. The summed E-state index contributed by atoms with van der Waals surface area (Å²) in [6, 6.07) is 34.3. The van der Waals surface area contributed by atoms with Crippen LogP contribution in [0.5, 0.6) is 28.7 Å². The Kier molecular flexibility index (Phi) is 17.9. The molecule has 5 aromatic rings. The first-order valence-electron chi connectivity index (χ1n) is 20.8. The Morgan fingerprint density at radius 1 is 0.362 bits per heavy atom. The Morgan fingerprint density at radius 2 is 0.741 bits per heavy atom. The molecule has 5 aromatic carbocycles. The molecule has 5 rings (SSSR count). The SMILES string of the molecule is CCCCCCCCCCCCCOc1ccc(C(=O)Oc2ccc(C(=O)Oc3ccc(-c4cccc(C(=O)Oc5ccc(OCCCC)cc5)c4)cc3)cc2)cc1. The summed E-state index contributed by atoms with van der Waals surface area (Å²) >= 11 is 0. The van der Waals surface area contributed by atoms with Crippen LogP contribution in [0.3, 0.4) is 0 Å². The third kappa shape index (κ3) is 14.6. The predicted octanol–water partition coefficient (Wildman–Crippen LogP) is 12.9. The Balaban J connectivity index is 1.02. The van der Waals surface area contributed by atoms with Crippen molar-refractivity contribution < 1.29 is 38.1 Å². The highest BCUT2D eigenvalue weighted by atomic mass is 16.5. The molecule has 0 aliphatic heterocycles. The van der Waals surface area contributed by atoms with Crippen LogP contribution in [-0.4, -0.2) is 31.1 Å². The molecule has 0 spiro atoms. The molecule has 0 atom stereocenters. The van der Waals surface area contributed by atoms with Crippen molar-refractivity contribution in [3.63, 3.8) is 0 Å². The van der Waals surface area contributed by atoms with E-state index in [4.69, 9.17) is 23.7 Å². The standard InChI is InChI=1S/C50H56O8/c1-3-5-7-8-9-10-11-12-13-14-15-36-55-43-25-21-39(22-26-43)48(51)57-46-29-23-40(24-30-46)49(52)56-45-27-19-38(20-28-45)41-17-16-18-42(37-41)50(53)58-47-33-31-44(32-34-47)54-35-6-4-2/h16-34,37H,3-15,35-36H2,1-2H3. The van der Waals surface area contributed by atoms with Gasteiger partial charge in [0, 0.05) is 0 Å². The molecule has 8 heteroatoms. The second-order valence-corrected chi connectivity index (χ2v) is 14.4. The zero-order chi connectivity index (χ0) is 40.8. The van der Waals surface area contributed by atoms with Gasteiger partial charge in [-0.1, -0.05) is 109 Å². The summed E-state index contributed by atoms with van der Waals surface area (Å²) in [4.78, 5) is 38.6. The molecule has 0 radical (unpaired) electrons. The first kappa shape index (κ1) is 43.2. The normalized spacial score (nSPS) is 10.8. The van der Waals surface area contributed by atoms with Crippen LogP contribution in [0, 0.1) is 0 Å². The van der Waals surface area contributed by atoms with E-state index in [1.54, 1.807) is 103 Å². The van der Waals surface area contributed by atoms with Crippen LogP contribution < -0.4 is 23.7 Å². The summed E-state index contributed by atoms with van der Waals surface area (Å²) in [7, 11) is 0.